The minimum absolute atomic E-state index is 0. The van der Waals surface area contributed by atoms with Gasteiger partial charge in [0.25, 0.3) is 0 Å². The molecule has 0 amide bonds. The zero-order valence-corrected chi connectivity index (χ0v) is 17.5. The third kappa shape index (κ3) is 7.79. The van der Waals surface area contributed by atoms with Crippen LogP contribution in [0, 0.1) is 0 Å². The molecule has 0 aliphatic heterocycles. The van der Waals surface area contributed by atoms with Crippen molar-refractivity contribution in [2.45, 2.75) is 45.3 Å². The molecule has 0 heterocycles. The van der Waals surface area contributed by atoms with Crippen molar-refractivity contribution in [3.63, 3.8) is 0 Å². The summed E-state index contributed by atoms with van der Waals surface area (Å²) in [6.07, 6.45) is 1.22. The molecule has 1 atom stereocenters. The third-order valence-electron chi connectivity index (χ3n) is 4.41. The van der Waals surface area contributed by atoms with E-state index in [0.29, 0.717) is 6.54 Å². The minimum atomic E-state index is -0.560. The second kappa shape index (κ2) is 11.2. The first-order valence-corrected chi connectivity index (χ1v) is 9.20. The Kier molecular flexibility index (Phi) is 9.64. The smallest absolute Gasteiger partial charge is 0.122 e. The minimum Gasteiger partial charge on any atom is -0.497 e. The van der Waals surface area contributed by atoms with Crippen LogP contribution in [0.3, 0.4) is 0 Å². The number of β-amino-alcohol motifs (C(OH)–C–C–N with tert-alkyl or cyclic N) is 1. The fraction of sp³-hybridized carbons (Fsp3) is 0.455. The largest absolute Gasteiger partial charge is 0.497 e. The monoisotopic (exact) mass is 393 g/mol. The van der Waals surface area contributed by atoms with E-state index in [9.17, 15) is 5.11 Å². The molecule has 2 N–H and O–H groups in total. The molecule has 0 aliphatic carbocycles. The van der Waals surface area contributed by atoms with Gasteiger partial charge in [-0.1, -0.05) is 37.3 Å². The molecule has 27 heavy (non-hydrogen) atoms. The summed E-state index contributed by atoms with van der Waals surface area (Å²) in [4.78, 5) is 0. The Hall–Kier alpha value is -1.75. The lowest BCUT2D eigenvalue weighted by molar-refractivity contribution is 0.0984. The van der Waals surface area contributed by atoms with Crippen LogP contribution in [0.5, 0.6) is 11.5 Å². The molecule has 2 aromatic carbocycles. The van der Waals surface area contributed by atoms with Crippen molar-refractivity contribution in [3.05, 3.63) is 59.7 Å². The van der Waals surface area contributed by atoms with Gasteiger partial charge in [-0.15, -0.1) is 12.4 Å². The number of para-hydroxylation sites is 1. The number of hydrogen-bond donors (Lipinski definition) is 2. The van der Waals surface area contributed by atoms with E-state index >= 15 is 0 Å². The van der Waals surface area contributed by atoms with E-state index < -0.39 is 6.10 Å². The van der Waals surface area contributed by atoms with E-state index in [1.165, 1.54) is 5.56 Å². The number of nitrogens with one attached hydrogen (secondary N) is 1. The van der Waals surface area contributed by atoms with Crippen LogP contribution in [0.4, 0.5) is 0 Å². The lowest BCUT2D eigenvalue weighted by Crippen LogP contribution is -2.46. The van der Waals surface area contributed by atoms with E-state index in [0.717, 1.165) is 29.9 Å². The number of aliphatic hydroxyl groups is 1. The zero-order valence-electron chi connectivity index (χ0n) is 16.7. The third-order valence-corrected chi connectivity index (χ3v) is 4.41. The average molecular weight is 394 g/mol. The van der Waals surface area contributed by atoms with Crippen LogP contribution in [-0.2, 0) is 12.8 Å². The summed E-state index contributed by atoms with van der Waals surface area (Å²) in [6, 6.07) is 16.1. The standard InChI is InChI=1S/C22H31NO3.ClH/c1-5-18-8-6-7-9-21(18)26-16-19(24)15-23-22(2,3)14-17-10-12-20(25-4)13-11-17;/h6-13,19,23-24H,5,14-16H2,1-4H3;1H. The summed E-state index contributed by atoms with van der Waals surface area (Å²) in [6.45, 7) is 7.14. The number of methoxy groups -OCH3 is 1. The van der Waals surface area contributed by atoms with Crippen molar-refractivity contribution in [2.75, 3.05) is 20.3 Å². The lowest BCUT2D eigenvalue weighted by Gasteiger charge is -2.28. The van der Waals surface area contributed by atoms with Gasteiger partial charge in [0, 0.05) is 12.1 Å². The predicted molar refractivity (Wildman–Crippen MR) is 113 cm³/mol. The van der Waals surface area contributed by atoms with Crippen LogP contribution in [0.15, 0.2) is 48.5 Å². The molecule has 4 nitrogen and oxygen atoms in total. The predicted octanol–water partition coefficient (Wildman–Crippen LogP) is 4.03. The number of aryl methyl sites for hydroxylation is 1. The van der Waals surface area contributed by atoms with Crippen LogP contribution < -0.4 is 14.8 Å². The van der Waals surface area contributed by atoms with E-state index in [-0.39, 0.29) is 24.6 Å². The van der Waals surface area contributed by atoms with Gasteiger partial charge >= 0.3 is 0 Å². The summed E-state index contributed by atoms with van der Waals surface area (Å²) in [5.74, 6) is 1.71. The molecular weight excluding hydrogens is 362 g/mol. The molecule has 0 spiro atoms. The second-order valence-corrected chi connectivity index (χ2v) is 7.22. The molecule has 0 aliphatic rings. The maximum Gasteiger partial charge on any atom is 0.122 e. The van der Waals surface area contributed by atoms with Gasteiger partial charge in [0.1, 0.15) is 24.2 Å². The Bertz CT molecular complexity index is 674. The first-order valence-electron chi connectivity index (χ1n) is 9.20. The molecule has 2 rings (SSSR count). The van der Waals surface area contributed by atoms with Gasteiger partial charge < -0.3 is 19.9 Å². The Morgan fingerprint density at radius 3 is 2.37 bits per heavy atom. The van der Waals surface area contributed by atoms with Crippen molar-refractivity contribution < 1.29 is 14.6 Å². The summed E-state index contributed by atoms with van der Waals surface area (Å²) in [7, 11) is 1.67. The number of ether oxygens (including phenoxy) is 2. The normalized spacial score (nSPS) is 12.2. The quantitative estimate of drug-likeness (QED) is 0.639. The molecule has 1 unspecified atom stereocenters. The summed E-state index contributed by atoms with van der Waals surface area (Å²) in [5, 5.41) is 13.7. The van der Waals surface area contributed by atoms with Gasteiger partial charge in [-0.2, -0.15) is 0 Å². The van der Waals surface area contributed by atoms with Crippen molar-refractivity contribution in [1.29, 1.82) is 0 Å². The molecule has 5 heteroatoms. The van der Waals surface area contributed by atoms with Crippen LogP contribution in [0.1, 0.15) is 31.9 Å². The van der Waals surface area contributed by atoms with Crippen molar-refractivity contribution in [3.8, 4) is 11.5 Å². The van der Waals surface area contributed by atoms with Crippen LogP contribution in [0.25, 0.3) is 0 Å². The van der Waals surface area contributed by atoms with E-state index in [1.807, 2.05) is 30.3 Å². The molecule has 0 fully saturated rings. The molecule has 2 aromatic rings. The van der Waals surface area contributed by atoms with Crippen molar-refractivity contribution in [1.82, 2.24) is 5.32 Å². The van der Waals surface area contributed by atoms with E-state index in [4.69, 9.17) is 9.47 Å². The van der Waals surface area contributed by atoms with Crippen molar-refractivity contribution >= 4 is 12.4 Å². The topological polar surface area (TPSA) is 50.7 Å². The van der Waals surface area contributed by atoms with Crippen molar-refractivity contribution in [2.24, 2.45) is 0 Å². The first-order chi connectivity index (χ1) is 12.4. The molecule has 150 valence electrons. The van der Waals surface area contributed by atoms with Gasteiger partial charge in [0.05, 0.1) is 7.11 Å². The number of halogens is 1. The molecule has 0 saturated heterocycles. The highest BCUT2D eigenvalue weighted by atomic mass is 35.5. The number of rotatable bonds is 10. The summed E-state index contributed by atoms with van der Waals surface area (Å²) < 4.78 is 11.0. The maximum atomic E-state index is 10.3. The fourth-order valence-corrected chi connectivity index (χ4v) is 2.89. The van der Waals surface area contributed by atoms with Crippen LogP contribution >= 0.6 is 12.4 Å². The molecule has 0 aromatic heterocycles. The fourth-order valence-electron chi connectivity index (χ4n) is 2.89. The Balaban J connectivity index is 0.00000364. The highest BCUT2D eigenvalue weighted by molar-refractivity contribution is 5.85. The number of hydrogen-bond acceptors (Lipinski definition) is 4. The molecule has 0 radical (unpaired) electrons. The summed E-state index contributed by atoms with van der Waals surface area (Å²) >= 11 is 0. The van der Waals surface area contributed by atoms with E-state index in [2.05, 4.69) is 44.3 Å². The van der Waals surface area contributed by atoms with E-state index in [1.54, 1.807) is 7.11 Å². The average Bonchev–Trinajstić information content (AvgIpc) is 2.65. The molecule has 0 saturated carbocycles. The molecule has 0 bridgehead atoms. The van der Waals surface area contributed by atoms with Gasteiger partial charge in [0.15, 0.2) is 0 Å². The van der Waals surface area contributed by atoms with Gasteiger partial charge in [0.2, 0.25) is 0 Å². The van der Waals surface area contributed by atoms with Gasteiger partial charge in [-0.25, -0.2) is 0 Å². The Morgan fingerprint density at radius 1 is 1.07 bits per heavy atom. The van der Waals surface area contributed by atoms with Crippen LogP contribution in [0.2, 0.25) is 0 Å². The van der Waals surface area contributed by atoms with Crippen LogP contribution in [-0.4, -0.2) is 37.0 Å². The number of aliphatic hydroxyl groups excluding tert-OH is 1. The second-order valence-electron chi connectivity index (χ2n) is 7.22. The first kappa shape index (κ1) is 23.3. The SMILES string of the molecule is CCc1ccccc1OCC(O)CNC(C)(C)Cc1ccc(OC)cc1.Cl. The van der Waals surface area contributed by atoms with Gasteiger partial charge in [-0.3, -0.25) is 0 Å². The Morgan fingerprint density at radius 2 is 1.74 bits per heavy atom. The maximum absolute atomic E-state index is 10.3. The summed E-state index contributed by atoms with van der Waals surface area (Å²) in [5.41, 5.74) is 2.26. The molecular formula is C22H32ClNO3. The Labute approximate surface area is 169 Å². The zero-order chi connectivity index (χ0) is 19.0. The number of benzene rings is 2. The highest BCUT2D eigenvalue weighted by Crippen LogP contribution is 2.19. The highest BCUT2D eigenvalue weighted by Gasteiger charge is 2.19. The van der Waals surface area contributed by atoms with Gasteiger partial charge in [-0.05, 0) is 56.0 Å². The lowest BCUT2D eigenvalue weighted by atomic mass is 9.94.